The van der Waals surface area contributed by atoms with Gasteiger partial charge in [-0.3, -0.25) is 9.48 Å². The van der Waals surface area contributed by atoms with E-state index in [0.717, 1.165) is 18.8 Å². The molecule has 5 nitrogen and oxygen atoms in total. The third-order valence-corrected chi connectivity index (χ3v) is 2.31. The van der Waals surface area contributed by atoms with Crippen LogP contribution in [0.15, 0.2) is 12.3 Å². The summed E-state index contributed by atoms with van der Waals surface area (Å²) in [7, 11) is 0. The van der Waals surface area contributed by atoms with Crippen LogP contribution in [0.25, 0.3) is 0 Å². The summed E-state index contributed by atoms with van der Waals surface area (Å²) in [6.45, 7) is 7.01. The Morgan fingerprint density at radius 1 is 1.50 bits per heavy atom. The van der Waals surface area contributed by atoms with E-state index in [9.17, 15) is 4.79 Å². The average Bonchev–Trinajstić information content (AvgIpc) is 2.72. The van der Waals surface area contributed by atoms with Crippen LogP contribution in [0.4, 0.5) is 0 Å². The number of amides is 1. The van der Waals surface area contributed by atoms with Crippen molar-refractivity contribution >= 4 is 5.91 Å². The molecule has 0 aliphatic carbocycles. The second-order valence-electron chi connectivity index (χ2n) is 3.52. The summed E-state index contributed by atoms with van der Waals surface area (Å²) in [5.74, 6) is 0.0963. The van der Waals surface area contributed by atoms with E-state index in [1.54, 1.807) is 6.20 Å². The van der Waals surface area contributed by atoms with Crippen molar-refractivity contribution in [3.8, 4) is 0 Å². The lowest BCUT2D eigenvalue weighted by atomic mass is 10.3. The molecule has 5 heteroatoms. The molecule has 1 aromatic rings. The van der Waals surface area contributed by atoms with Crippen LogP contribution in [0.5, 0.6) is 0 Å². The molecule has 2 N–H and O–H groups in total. The Hall–Kier alpha value is -1.36. The molecule has 0 bridgehead atoms. The van der Waals surface area contributed by atoms with Crippen molar-refractivity contribution < 1.29 is 4.79 Å². The van der Waals surface area contributed by atoms with Gasteiger partial charge >= 0.3 is 0 Å². The Balaban J connectivity index is 2.18. The second-order valence-corrected chi connectivity index (χ2v) is 3.52. The number of hydrogen-bond donors (Lipinski definition) is 2. The maximum Gasteiger partial charge on any atom is 0.221 e. The van der Waals surface area contributed by atoms with Crippen molar-refractivity contribution in [2.24, 2.45) is 0 Å². The number of aromatic nitrogens is 2. The Kier molecular flexibility index (Phi) is 5.56. The molecule has 0 atom stereocenters. The molecule has 0 aliphatic heterocycles. The number of aryl methyl sites for hydroxylation is 1. The number of nitrogens with one attached hydrogen (secondary N) is 2. The van der Waals surface area contributed by atoms with Crippen LogP contribution in [0.1, 0.15) is 26.0 Å². The lowest BCUT2D eigenvalue weighted by molar-refractivity contribution is -0.120. The van der Waals surface area contributed by atoms with Gasteiger partial charge in [-0.2, -0.15) is 5.10 Å². The van der Waals surface area contributed by atoms with Crippen LogP contribution in [0.2, 0.25) is 0 Å². The number of carbonyl (C=O) groups excluding carboxylic acids is 1. The van der Waals surface area contributed by atoms with Crippen molar-refractivity contribution in [2.75, 3.05) is 13.1 Å². The lowest BCUT2D eigenvalue weighted by Gasteiger charge is -2.06. The van der Waals surface area contributed by atoms with E-state index in [1.807, 2.05) is 17.7 Å². The zero-order chi connectivity index (χ0) is 11.8. The predicted molar refractivity (Wildman–Crippen MR) is 62.9 cm³/mol. The Labute approximate surface area is 96.2 Å². The van der Waals surface area contributed by atoms with Gasteiger partial charge in [0.1, 0.15) is 0 Å². The second kappa shape index (κ2) is 7.00. The van der Waals surface area contributed by atoms with Crippen molar-refractivity contribution in [1.29, 1.82) is 0 Å². The molecule has 90 valence electrons. The summed E-state index contributed by atoms with van der Waals surface area (Å²) < 4.78 is 1.94. The van der Waals surface area contributed by atoms with Crippen LogP contribution in [0.3, 0.4) is 0 Å². The van der Waals surface area contributed by atoms with Crippen LogP contribution in [-0.2, 0) is 17.9 Å². The topological polar surface area (TPSA) is 59.0 Å². The molecule has 16 heavy (non-hydrogen) atoms. The first kappa shape index (κ1) is 12.7. The maximum absolute atomic E-state index is 11.2. The fourth-order valence-corrected chi connectivity index (χ4v) is 1.50. The molecule has 0 aliphatic rings. The normalized spacial score (nSPS) is 10.4. The van der Waals surface area contributed by atoms with Gasteiger partial charge in [-0.25, -0.2) is 0 Å². The molecule has 0 saturated heterocycles. The molecular formula is C11H20N4O. The lowest BCUT2D eigenvalue weighted by Crippen LogP contribution is -2.27. The Morgan fingerprint density at radius 3 is 3.00 bits per heavy atom. The van der Waals surface area contributed by atoms with E-state index < -0.39 is 0 Å². The average molecular weight is 224 g/mol. The van der Waals surface area contributed by atoms with E-state index >= 15 is 0 Å². The van der Waals surface area contributed by atoms with Gasteiger partial charge in [0.2, 0.25) is 5.91 Å². The first-order valence-electron chi connectivity index (χ1n) is 5.76. The van der Waals surface area contributed by atoms with E-state index in [4.69, 9.17) is 0 Å². The van der Waals surface area contributed by atoms with Crippen molar-refractivity contribution in [3.63, 3.8) is 0 Å². The standard InChI is InChI=1S/C11H20N4O/c1-3-13-11(16)6-7-12-9-10-5-8-14-15(10)4-2/h5,8,12H,3-4,6-7,9H2,1-2H3,(H,13,16). The number of rotatable bonds is 7. The fraction of sp³-hybridized carbons (Fsp3) is 0.636. The third-order valence-electron chi connectivity index (χ3n) is 2.31. The molecule has 0 aromatic carbocycles. The van der Waals surface area contributed by atoms with Gasteiger partial charge in [0.15, 0.2) is 0 Å². The molecule has 0 spiro atoms. The molecule has 0 radical (unpaired) electrons. The molecule has 1 amide bonds. The third kappa shape index (κ3) is 4.02. The van der Waals surface area contributed by atoms with Crippen LogP contribution >= 0.6 is 0 Å². The highest BCUT2D eigenvalue weighted by atomic mass is 16.1. The smallest absolute Gasteiger partial charge is 0.221 e. The summed E-state index contributed by atoms with van der Waals surface area (Å²) in [6, 6.07) is 1.99. The maximum atomic E-state index is 11.2. The summed E-state index contributed by atoms with van der Waals surface area (Å²) in [4.78, 5) is 11.2. The molecule has 0 unspecified atom stereocenters. The van der Waals surface area contributed by atoms with E-state index in [2.05, 4.69) is 22.7 Å². The van der Waals surface area contributed by atoms with Gasteiger partial charge in [-0.1, -0.05) is 0 Å². The summed E-state index contributed by atoms with van der Waals surface area (Å²) in [5, 5.41) is 10.2. The zero-order valence-corrected chi connectivity index (χ0v) is 9.99. The Morgan fingerprint density at radius 2 is 2.31 bits per heavy atom. The first-order chi connectivity index (χ1) is 7.77. The highest BCUT2D eigenvalue weighted by Gasteiger charge is 2.01. The number of carbonyl (C=O) groups is 1. The van der Waals surface area contributed by atoms with Gasteiger partial charge in [0, 0.05) is 38.8 Å². The van der Waals surface area contributed by atoms with Gasteiger partial charge in [0.25, 0.3) is 0 Å². The minimum absolute atomic E-state index is 0.0963. The van der Waals surface area contributed by atoms with Gasteiger partial charge < -0.3 is 10.6 Å². The quantitative estimate of drug-likeness (QED) is 0.664. The van der Waals surface area contributed by atoms with Gasteiger partial charge in [-0.15, -0.1) is 0 Å². The van der Waals surface area contributed by atoms with Crippen LogP contribution in [-0.4, -0.2) is 28.8 Å². The van der Waals surface area contributed by atoms with Gasteiger partial charge in [0.05, 0.1) is 5.69 Å². The Bertz CT molecular complexity index is 322. The highest BCUT2D eigenvalue weighted by Crippen LogP contribution is 1.97. The summed E-state index contributed by atoms with van der Waals surface area (Å²) in [5.41, 5.74) is 1.15. The van der Waals surface area contributed by atoms with Crippen LogP contribution < -0.4 is 10.6 Å². The molecular weight excluding hydrogens is 204 g/mol. The van der Waals surface area contributed by atoms with E-state index in [0.29, 0.717) is 19.5 Å². The number of nitrogens with zero attached hydrogens (tertiary/aromatic N) is 2. The van der Waals surface area contributed by atoms with Crippen molar-refractivity contribution in [2.45, 2.75) is 33.4 Å². The summed E-state index contributed by atoms with van der Waals surface area (Å²) in [6.07, 6.45) is 2.32. The fourth-order valence-electron chi connectivity index (χ4n) is 1.50. The first-order valence-corrected chi connectivity index (χ1v) is 5.76. The molecule has 1 rings (SSSR count). The predicted octanol–water partition coefficient (Wildman–Crippen LogP) is 0.519. The zero-order valence-electron chi connectivity index (χ0n) is 9.99. The molecule has 1 aromatic heterocycles. The van der Waals surface area contributed by atoms with Crippen molar-refractivity contribution in [1.82, 2.24) is 20.4 Å². The minimum Gasteiger partial charge on any atom is -0.356 e. The van der Waals surface area contributed by atoms with E-state index in [1.165, 1.54) is 0 Å². The summed E-state index contributed by atoms with van der Waals surface area (Å²) >= 11 is 0. The molecule has 0 saturated carbocycles. The highest BCUT2D eigenvalue weighted by molar-refractivity contribution is 5.75. The monoisotopic (exact) mass is 224 g/mol. The molecule has 0 fully saturated rings. The largest absolute Gasteiger partial charge is 0.356 e. The van der Waals surface area contributed by atoms with E-state index in [-0.39, 0.29) is 5.91 Å². The number of hydrogen-bond acceptors (Lipinski definition) is 3. The van der Waals surface area contributed by atoms with Crippen LogP contribution in [0, 0.1) is 0 Å². The minimum atomic E-state index is 0.0963. The van der Waals surface area contributed by atoms with Gasteiger partial charge in [-0.05, 0) is 19.9 Å². The molecule has 1 heterocycles. The van der Waals surface area contributed by atoms with Crippen molar-refractivity contribution in [3.05, 3.63) is 18.0 Å². The SMILES string of the molecule is CCNC(=O)CCNCc1ccnn1CC.